The molecule has 0 atom stereocenters. The van der Waals surface area contributed by atoms with Crippen LogP contribution in [0.3, 0.4) is 0 Å². The second kappa shape index (κ2) is 10.2. The first-order valence-electron chi connectivity index (χ1n) is 8.76. The van der Waals surface area contributed by atoms with Crippen LogP contribution >= 0.6 is 24.0 Å². The summed E-state index contributed by atoms with van der Waals surface area (Å²) >= 11 is 0. The summed E-state index contributed by atoms with van der Waals surface area (Å²) in [6.45, 7) is 4.86. The number of hydrogen-bond donors (Lipinski definition) is 2. The Hall–Kier alpha value is -2.09. The SMILES string of the molecule is CCNC(=NCCNC(=O)c1ccccc1)N1CCc2ccccc21.I. The topological polar surface area (TPSA) is 56.7 Å². The molecule has 2 aromatic carbocycles. The normalized spacial score (nSPS) is 13.0. The number of nitrogens with one attached hydrogen (secondary N) is 2. The second-order valence-corrected chi connectivity index (χ2v) is 5.89. The number of hydrogen-bond acceptors (Lipinski definition) is 2. The van der Waals surface area contributed by atoms with E-state index in [1.165, 1.54) is 11.3 Å². The Morgan fingerprint density at radius 1 is 1.08 bits per heavy atom. The van der Waals surface area contributed by atoms with Crippen molar-refractivity contribution in [3.8, 4) is 0 Å². The van der Waals surface area contributed by atoms with Crippen LogP contribution in [0.1, 0.15) is 22.8 Å². The number of fused-ring (bicyclic) bond motifs is 1. The van der Waals surface area contributed by atoms with Crippen molar-refractivity contribution in [3.05, 3.63) is 65.7 Å². The average Bonchev–Trinajstić information content (AvgIpc) is 3.09. The Morgan fingerprint density at radius 2 is 1.81 bits per heavy atom. The highest BCUT2D eigenvalue weighted by Crippen LogP contribution is 2.27. The number of halogens is 1. The summed E-state index contributed by atoms with van der Waals surface area (Å²) in [5.74, 6) is 0.814. The quantitative estimate of drug-likeness (QED) is 0.310. The summed E-state index contributed by atoms with van der Waals surface area (Å²) in [5.41, 5.74) is 3.24. The number of carbonyl (C=O) groups is 1. The number of benzene rings is 2. The van der Waals surface area contributed by atoms with Crippen LogP contribution in [-0.2, 0) is 6.42 Å². The molecule has 2 N–H and O–H groups in total. The molecule has 0 radical (unpaired) electrons. The van der Waals surface area contributed by atoms with Gasteiger partial charge in [-0.15, -0.1) is 24.0 Å². The summed E-state index contributed by atoms with van der Waals surface area (Å²) in [6.07, 6.45) is 1.03. The molecule has 138 valence electrons. The first-order chi connectivity index (χ1) is 12.3. The lowest BCUT2D eigenvalue weighted by Crippen LogP contribution is -2.41. The van der Waals surface area contributed by atoms with Gasteiger partial charge >= 0.3 is 0 Å². The van der Waals surface area contributed by atoms with Gasteiger partial charge in [-0.1, -0.05) is 36.4 Å². The van der Waals surface area contributed by atoms with Crippen molar-refractivity contribution in [1.29, 1.82) is 0 Å². The van der Waals surface area contributed by atoms with E-state index in [1.807, 2.05) is 30.3 Å². The molecule has 0 aliphatic carbocycles. The lowest BCUT2D eigenvalue weighted by Gasteiger charge is -2.22. The monoisotopic (exact) mass is 464 g/mol. The zero-order valence-electron chi connectivity index (χ0n) is 14.9. The Balaban J connectivity index is 0.00000243. The van der Waals surface area contributed by atoms with Gasteiger partial charge in [0.05, 0.1) is 6.54 Å². The predicted molar refractivity (Wildman–Crippen MR) is 118 cm³/mol. The van der Waals surface area contributed by atoms with E-state index in [0.717, 1.165) is 25.5 Å². The second-order valence-electron chi connectivity index (χ2n) is 5.89. The molecule has 26 heavy (non-hydrogen) atoms. The summed E-state index contributed by atoms with van der Waals surface area (Å²) in [7, 11) is 0. The van der Waals surface area contributed by atoms with E-state index in [0.29, 0.717) is 18.7 Å². The molecule has 0 fully saturated rings. The number of nitrogens with zero attached hydrogens (tertiary/aromatic N) is 2. The molecule has 0 bridgehead atoms. The van der Waals surface area contributed by atoms with Crippen LogP contribution in [0, 0.1) is 0 Å². The van der Waals surface area contributed by atoms with E-state index in [2.05, 4.69) is 51.7 Å². The highest BCUT2D eigenvalue weighted by atomic mass is 127. The van der Waals surface area contributed by atoms with Crippen LogP contribution in [0.5, 0.6) is 0 Å². The third-order valence-electron chi connectivity index (χ3n) is 4.17. The molecule has 3 rings (SSSR count). The lowest BCUT2D eigenvalue weighted by atomic mass is 10.2. The van der Waals surface area contributed by atoms with Gasteiger partial charge in [0.2, 0.25) is 0 Å². The van der Waals surface area contributed by atoms with Crippen molar-refractivity contribution >= 4 is 41.5 Å². The zero-order chi connectivity index (χ0) is 17.5. The fourth-order valence-electron chi connectivity index (χ4n) is 2.98. The van der Waals surface area contributed by atoms with Gasteiger partial charge < -0.3 is 15.5 Å². The van der Waals surface area contributed by atoms with Gasteiger partial charge in [-0.25, -0.2) is 0 Å². The number of anilines is 1. The minimum atomic E-state index is -0.0627. The van der Waals surface area contributed by atoms with Crippen molar-refractivity contribution in [3.63, 3.8) is 0 Å². The van der Waals surface area contributed by atoms with Crippen molar-refractivity contribution < 1.29 is 4.79 Å². The molecule has 1 aliphatic heterocycles. The molecule has 0 saturated carbocycles. The van der Waals surface area contributed by atoms with Gasteiger partial charge in [0.25, 0.3) is 5.91 Å². The van der Waals surface area contributed by atoms with Gasteiger partial charge in [0.15, 0.2) is 5.96 Å². The molecule has 6 heteroatoms. The molecule has 0 aromatic heterocycles. The number of carbonyl (C=O) groups excluding carboxylic acids is 1. The van der Waals surface area contributed by atoms with Crippen molar-refractivity contribution in [2.24, 2.45) is 4.99 Å². The Bertz CT molecular complexity index is 748. The average molecular weight is 464 g/mol. The Kier molecular flexibility index (Phi) is 7.90. The van der Waals surface area contributed by atoms with Gasteiger partial charge in [-0.2, -0.15) is 0 Å². The summed E-state index contributed by atoms with van der Waals surface area (Å²) in [4.78, 5) is 18.9. The fraction of sp³-hybridized carbons (Fsp3) is 0.300. The highest BCUT2D eigenvalue weighted by molar-refractivity contribution is 14.0. The molecule has 0 unspecified atom stereocenters. The van der Waals surface area contributed by atoms with Crippen molar-refractivity contribution in [2.45, 2.75) is 13.3 Å². The molecule has 1 amide bonds. The number of para-hydroxylation sites is 1. The van der Waals surface area contributed by atoms with E-state index in [-0.39, 0.29) is 29.9 Å². The standard InChI is InChI=1S/C20H24N4O.HI/c1-2-21-20(24-15-12-16-8-6-7-11-18(16)24)23-14-13-22-19(25)17-9-4-3-5-10-17;/h3-11H,2,12-15H2,1H3,(H,21,23)(H,22,25);1H. The third kappa shape index (κ3) is 4.97. The first-order valence-corrected chi connectivity index (χ1v) is 8.76. The van der Waals surface area contributed by atoms with Gasteiger partial charge in [-0.3, -0.25) is 9.79 Å². The molecular formula is C20H25IN4O. The smallest absolute Gasteiger partial charge is 0.251 e. The van der Waals surface area contributed by atoms with E-state index in [1.54, 1.807) is 0 Å². The number of guanidine groups is 1. The summed E-state index contributed by atoms with van der Waals surface area (Å²) in [5, 5.41) is 6.26. The molecule has 0 spiro atoms. The molecular weight excluding hydrogens is 439 g/mol. The molecule has 1 aliphatic rings. The zero-order valence-corrected chi connectivity index (χ0v) is 17.3. The van der Waals surface area contributed by atoms with Crippen LogP contribution in [0.25, 0.3) is 0 Å². The maximum absolute atomic E-state index is 12.0. The summed E-state index contributed by atoms with van der Waals surface area (Å²) in [6, 6.07) is 17.7. The predicted octanol–water partition coefficient (Wildman–Crippen LogP) is 3.06. The third-order valence-corrected chi connectivity index (χ3v) is 4.17. The van der Waals surface area contributed by atoms with E-state index >= 15 is 0 Å². The van der Waals surface area contributed by atoms with Crippen LogP contribution < -0.4 is 15.5 Å². The van der Waals surface area contributed by atoms with Gasteiger partial charge in [0.1, 0.15) is 0 Å². The first kappa shape index (κ1) is 20.2. The fourth-order valence-corrected chi connectivity index (χ4v) is 2.98. The van der Waals surface area contributed by atoms with Gasteiger partial charge in [-0.05, 0) is 37.1 Å². The molecule has 1 heterocycles. The molecule has 5 nitrogen and oxygen atoms in total. The van der Waals surface area contributed by atoms with E-state index < -0.39 is 0 Å². The Labute approximate surface area is 171 Å². The van der Waals surface area contributed by atoms with E-state index in [4.69, 9.17) is 0 Å². The van der Waals surface area contributed by atoms with Crippen molar-refractivity contribution in [2.75, 3.05) is 31.1 Å². The Morgan fingerprint density at radius 3 is 2.58 bits per heavy atom. The molecule has 0 saturated heterocycles. The van der Waals surface area contributed by atoms with Crippen LogP contribution in [0.4, 0.5) is 5.69 Å². The van der Waals surface area contributed by atoms with Crippen LogP contribution in [0.2, 0.25) is 0 Å². The van der Waals surface area contributed by atoms with Crippen LogP contribution in [-0.4, -0.2) is 38.0 Å². The minimum absolute atomic E-state index is 0. The van der Waals surface area contributed by atoms with Gasteiger partial charge in [0, 0.05) is 30.9 Å². The number of amides is 1. The minimum Gasteiger partial charge on any atom is -0.356 e. The number of aliphatic imine (C=N–C) groups is 1. The highest BCUT2D eigenvalue weighted by Gasteiger charge is 2.22. The largest absolute Gasteiger partial charge is 0.356 e. The maximum Gasteiger partial charge on any atom is 0.251 e. The lowest BCUT2D eigenvalue weighted by molar-refractivity contribution is 0.0955. The molecule has 2 aromatic rings. The van der Waals surface area contributed by atoms with E-state index in [9.17, 15) is 4.79 Å². The van der Waals surface area contributed by atoms with Crippen molar-refractivity contribution in [1.82, 2.24) is 10.6 Å². The number of rotatable bonds is 5. The summed E-state index contributed by atoms with van der Waals surface area (Å²) < 4.78 is 0. The maximum atomic E-state index is 12.0. The van der Waals surface area contributed by atoms with Crippen LogP contribution in [0.15, 0.2) is 59.6 Å².